The molecule has 3 aromatic heterocycles. The van der Waals surface area contributed by atoms with Crippen molar-refractivity contribution in [2.45, 2.75) is 76.4 Å². The molecule has 1 saturated carbocycles. The second-order valence-corrected chi connectivity index (χ2v) is 11.2. The highest BCUT2D eigenvalue weighted by atomic mass is 19.4. The number of nitrogens with one attached hydrogen (secondary N) is 2. The van der Waals surface area contributed by atoms with E-state index in [1.807, 2.05) is 13.8 Å². The average molecular weight is 584 g/mol. The van der Waals surface area contributed by atoms with E-state index in [0.29, 0.717) is 11.4 Å². The third-order valence-corrected chi connectivity index (χ3v) is 7.86. The van der Waals surface area contributed by atoms with Crippen LogP contribution < -0.4 is 10.6 Å². The lowest BCUT2D eigenvalue weighted by Gasteiger charge is -2.33. The second-order valence-electron chi connectivity index (χ2n) is 11.2. The zero-order chi connectivity index (χ0) is 29.5. The maximum Gasteiger partial charge on any atom is 0.393 e. The number of hydrogen-bond donors (Lipinski definition) is 2. The Morgan fingerprint density at radius 3 is 2.68 bits per heavy atom. The minimum atomic E-state index is -4.42. The van der Waals surface area contributed by atoms with Gasteiger partial charge < -0.3 is 15.2 Å². The molecule has 41 heavy (non-hydrogen) atoms. The van der Waals surface area contributed by atoms with Crippen molar-refractivity contribution in [1.29, 1.82) is 0 Å². The number of amides is 2. The smallest absolute Gasteiger partial charge is 0.364 e. The summed E-state index contributed by atoms with van der Waals surface area (Å²) >= 11 is 0. The van der Waals surface area contributed by atoms with Gasteiger partial charge in [0.15, 0.2) is 0 Å². The van der Waals surface area contributed by atoms with E-state index in [2.05, 4.69) is 30.9 Å². The lowest BCUT2D eigenvalue weighted by molar-refractivity contribution is -0.183. The zero-order valence-corrected chi connectivity index (χ0v) is 22.4. The first-order valence-corrected chi connectivity index (χ1v) is 13.5. The van der Waals surface area contributed by atoms with Crippen LogP contribution in [-0.2, 0) is 11.2 Å². The number of fused-ring (bicyclic) bond motifs is 1. The van der Waals surface area contributed by atoms with Crippen molar-refractivity contribution < 1.29 is 36.1 Å². The quantitative estimate of drug-likeness (QED) is 0.395. The molecule has 3 aromatic rings. The Balaban J connectivity index is 1.40. The topological polar surface area (TPSA) is 127 Å². The Labute approximate surface area is 231 Å². The van der Waals surface area contributed by atoms with E-state index in [0.717, 1.165) is 0 Å². The van der Waals surface area contributed by atoms with Gasteiger partial charge in [-0.15, -0.1) is 0 Å². The highest BCUT2D eigenvalue weighted by molar-refractivity contribution is 5.95. The standard InChI is InChI=1S/C26H30F5N7O3/c1-13(2)20-18(12-41-37-20)23(40)35-21(14-3-5-25(27,28)6-4-14)19-11-38-24(34-19)33-10-17(36-38)8-15-7-16(26(29,30)31)9-32-22(15)39/h10-16,21H,3-9H2,1-2H3,(H,32,39)(H,35,40)/t15-,16-,21+/m1/s1. The fourth-order valence-corrected chi connectivity index (χ4v) is 5.54. The van der Waals surface area contributed by atoms with Crippen LogP contribution in [0.3, 0.4) is 0 Å². The molecule has 222 valence electrons. The summed E-state index contributed by atoms with van der Waals surface area (Å²) in [6.45, 7) is 3.25. The molecule has 0 aromatic carbocycles. The number of piperidine rings is 1. The first kappa shape index (κ1) is 28.9. The van der Waals surface area contributed by atoms with Gasteiger partial charge in [-0.3, -0.25) is 9.59 Å². The van der Waals surface area contributed by atoms with E-state index in [1.54, 1.807) is 0 Å². The first-order chi connectivity index (χ1) is 19.3. The van der Waals surface area contributed by atoms with Crippen molar-refractivity contribution in [2.75, 3.05) is 6.54 Å². The van der Waals surface area contributed by atoms with Crippen LogP contribution in [0.4, 0.5) is 22.0 Å². The van der Waals surface area contributed by atoms with Crippen LogP contribution in [-0.4, -0.2) is 55.2 Å². The molecule has 0 bridgehead atoms. The van der Waals surface area contributed by atoms with Crippen molar-refractivity contribution in [1.82, 2.24) is 35.4 Å². The van der Waals surface area contributed by atoms with Gasteiger partial charge in [0.2, 0.25) is 11.8 Å². The number of aromatic nitrogens is 5. The maximum atomic E-state index is 14.0. The molecule has 1 aliphatic heterocycles. The Hall–Kier alpha value is -3.65. The van der Waals surface area contributed by atoms with Gasteiger partial charge in [0, 0.05) is 31.7 Å². The molecular weight excluding hydrogens is 553 g/mol. The molecule has 1 saturated heterocycles. The van der Waals surface area contributed by atoms with Gasteiger partial charge >= 0.3 is 6.18 Å². The summed E-state index contributed by atoms with van der Waals surface area (Å²) in [6, 6.07) is -0.753. The molecule has 1 aliphatic carbocycles. The van der Waals surface area contributed by atoms with E-state index >= 15 is 0 Å². The number of alkyl halides is 5. The number of imidazole rings is 1. The Morgan fingerprint density at radius 2 is 2.00 bits per heavy atom. The molecule has 3 atom stereocenters. The van der Waals surface area contributed by atoms with E-state index in [-0.39, 0.29) is 67.4 Å². The molecule has 2 amide bonds. The third kappa shape index (κ3) is 6.32. The Morgan fingerprint density at radius 1 is 1.27 bits per heavy atom. The maximum absolute atomic E-state index is 14.0. The lowest BCUT2D eigenvalue weighted by Crippen LogP contribution is -2.47. The van der Waals surface area contributed by atoms with Gasteiger partial charge in [-0.05, 0) is 31.1 Å². The molecule has 4 heterocycles. The van der Waals surface area contributed by atoms with Gasteiger partial charge in [0.05, 0.1) is 41.4 Å². The molecule has 15 heteroatoms. The number of nitrogens with zero attached hydrogens (tertiary/aromatic N) is 5. The highest BCUT2D eigenvalue weighted by Crippen LogP contribution is 2.41. The number of carbonyl (C=O) groups is 2. The van der Waals surface area contributed by atoms with Crippen LogP contribution in [0.1, 0.15) is 85.4 Å². The summed E-state index contributed by atoms with van der Waals surface area (Å²) in [5.41, 5.74) is 1.32. The minimum absolute atomic E-state index is 0.0573. The predicted molar refractivity (Wildman–Crippen MR) is 133 cm³/mol. The molecule has 10 nitrogen and oxygen atoms in total. The van der Waals surface area contributed by atoms with E-state index in [1.165, 1.54) is 23.2 Å². The van der Waals surface area contributed by atoms with Crippen molar-refractivity contribution in [3.05, 3.63) is 41.3 Å². The van der Waals surface area contributed by atoms with Crippen molar-refractivity contribution in [2.24, 2.45) is 17.8 Å². The van der Waals surface area contributed by atoms with Gasteiger partial charge in [-0.2, -0.15) is 18.3 Å². The van der Waals surface area contributed by atoms with Crippen molar-refractivity contribution >= 4 is 17.6 Å². The fourth-order valence-electron chi connectivity index (χ4n) is 5.54. The SMILES string of the molecule is CC(C)c1nocc1C(=O)N[C@H](c1cn2nc(C[C@H]3C[C@@H](C(F)(F)F)CNC3=O)cnc2n1)C1CCC(F)(F)CC1. The Bertz CT molecular complexity index is 1410. The first-order valence-electron chi connectivity index (χ1n) is 13.5. The molecule has 5 rings (SSSR count). The molecule has 0 spiro atoms. The van der Waals surface area contributed by atoms with E-state index < -0.39 is 48.3 Å². The normalized spacial score (nSPS) is 22.6. The fraction of sp³-hybridized carbons (Fsp3) is 0.615. The summed E-state index contributed by atoms with van der Waals surface area (Å²) in [7, 11) is 0. The molecule has 0 unspecified atom stereocenters. The Kier molecular flexibility index (Phi) is 7.72. The molecule has 0 radical (unpaired) electrons. The van der Waals surface area contributed by atoms with Gasteiger partial charge in [0.25, 0.3) is 11.7 Å². The average Bonchev–Trinajstić information content (AvgIpc) is 3.55. The number of hydrogen-bond acceptors (Lipinski definition) is 7. The van der Waals surface area contributed by atoms with Gasteiger partial charge in [-0.25, -0.2) is 23.3 Å². The van der Waals surface area contributed by atoms with Crippen molar-refractivity contribution in [3.63, 3.8) is 0 Å². The summed E-state index contributed by atoms with van der Waals surface area (Å²) in [6.07, 6.45) is -1.10. The summed E-state index contributed by atoms with van der Waals surface area (Å²) in [5, 5.41) is 13.5. The second kappa shape index (κ2) is 11.0. The van der Waals surface area contributed by atoms with E-state index in [4.69, 9.17) is 4.52 Å². The molecule has 2 fully saturated rings. The lowest BCUT2D eigenvalue weighted by atomic mass is 9.81. The van der Waals surface area contributed by atoms with E-state index in [9.17, 15) is 31.5 Å². The minimum Gasteiger partial charge on any atom is -0.364 e. The number of carbonyl (C=O) groups excluding carboxylic acids is 2. The predicted octanol–water partition coefficient (Wildman–Crippen LogP) is 4.39. The largest absolute Gasteiger partial charge is 0.393 e. The van der Waals surface area contributed by atoms with Crippen LogP contribution in [0, 0.1) is 17.8 Å². The molecule has 2 N–H and O–H groups in total. The molecule has 2 aliphatic rings. The summed E-state index contributed by atoms with van der Waals surface area (Å²) in [5.74, 6) is -6.62. The zero-order valence-electron chi connectivity index (χ0n) is 22.4. The van der Waals surface area contributed by atoms with Crippen LogP contribution in [0.2, 0.25) is 0 Å². The van der Waals surface area contributed by atoms with Crippen LogP contribution in [0.5, 0.6) is 0 Å². The van der Waals surface area contributed by atoms with Crippen molar-refractivity contribution in [3.8, 4) is 0 Å². The number of rotatable bonds is 7. The van der Waals surface area contributed by atoms with Crippen LogP contribution in [0.25, 0.3) is 5.78 Å². The molecular formula is C26H30F5N7O3. The van der Waals surface area contributed by atoms with Gasteiger partial charge in [0.1, 0.15) is 11.8 Å². The third-order valence-electron chi connectivity index (χ3n) is 7.86. The monoisotopic (exact) mass is 583 g/mol. The highest BCUT2D eigenvalue weighted by Gasteiger charge is 2.45. The number of halogens is 5. The van der Waals surface area contributed by atoms with Crippen LogP contribution in [0.15, 0.2) is 23.2 Å². The summed E-state index contributed by atoms with van der Waals surface area (Å²) < 4.78 is 73.9. The summed E-state index contributed by atoms with van der Waals surface area (Å²) in [4.78, 5) is 34.3. The van der Waals surface area contributed by atoms with Crippen LogP contribution >= 0.6 is 0 Å². The van der Waals surface area contributed by atoms with Gasteiger partial charge in [-0.1, -0.05) is 19.0 Å².